The number of phenolic OH excluding ortho intramolecular Hbond substituents is 1. The van der Waals surface area contributed by atoms with Gasteiger partial charge < -0.3 is 5.11 Å². The highest BCUT2D eigenvalue weighted by Crippen LogP contribution is 2.29. The van der Waals surface area contributed by atoms with Crippen molar-refractivity contribution in [1.29, 1.82) is 0 Å². The van der Waals surface area contributed by atoms with Gasteiger partial charge in [-0.2, -0.15) is 0 Å². The van der Waals surface area contributed by atoms with Crippen LogP contribution in [0.4, 0.5) is 4.39 Å². The van der Waals surface area contributed by atoms with Crippen LogP contribution in [0.3, 0.4) is 0 Å². The van der Waals surface area contributed by atoms with Crippen molar-refractivity contribution in [3.8, 4) is 16.9 Å². The first-order valence-electron chi connectivity index (χ1n) is 4.91. The first-order valence-corrected chi connectivity index (χ1v) is 6.47. The molecule has 0 spiro atoms. The molecule has 0 bridgehead atoms. The molecule has 2 aromatic carbocycles. The van der Waals surface area contributed by atoms with Crippen LogP contribution in [0, 0.1) is 5.82 Å². The SMILES string of the molecule is O=[SH](=O)c1cc(O)cc(-c2ccc(F)c(Cl)c2)c1. The largest absolute Gasteiger partial charge is 0.508 e. The maximum Gasteiger partial charge on any atom is 0.168 e. The summed E-state index contributed by atoms with van der Waals surface area (Å²) in [5.74, 6) is -0.738. The molecule has 2 aromatic rings. The highest BCUT2D eigenvalue weighted by atomic mass is 35.5. The Kier molecular flexibility index (Phi) is 3.54. The maximum atomic E-state index is 13.0. The van der Waals surface area contributed by atoms with Gasteiger partial charge in [0.1, 0.15) is 11.6 Å². The topological polar surface area (TPSA) is 54.4 Å². The quantitative estimate of drug-likeness (QED) is 0.835. The van der Waals surface area contributed by atoms with E-state index in [9.17, 15) is 17.9 Å². The van der Waals surface area contributed by atoms with E-state index in [1.54, 1.807) is 0 Å². The van der Waals surface area contributed by atoms with Crippen LogP contribution in [-0.4, -0.2) is 13.5 Å². The molecule has 0 saturated carbocycles. The van der Waals surface area contributed by atoms with Crippen molar-refractivity contribution in [3.63, 3.8) is 0 Å². The van der Waals surface area contributed by atoms with Gasteiger partial charge in [0.05, 0.1) is 9.92 Å². The van der Waals surface area contributed by atoms with E-state index in [0.29, 0.717) is 11.1 Å². The zero-order valence-electron chi connectivity index (χ0n) is 8.93. The Labute approximate surface area is 109 Å². The van der Waals surface area contributed by atoms with E-state index in [1.165, 1.54) is 30.3 Å². The molecule has 0 amide bonds. The molecule has 18 heavy (non-hydrogen) atoms. The predicted octanol–water partition coefficient (Wildman–Crippen LogP) is 2.82. The standard InChI is InChI=1S/C12H8ClFO3S/c13-11-5-7(1-2-12(11)14)8-3-9(15)6-10(4-8)18(16)17/h1-6,15,18H. The number of halogens is 2. The van der Waals surface area contributed by atoms with E-state index in [-0.39, 0.29) is 15.7 Å². The summed E-state index contributed by atoms with van der Waals surface area (Å²) in [5, 5.41) is 9.39. The molecule has 0 atom stereocenters. The van der Waals surface area contributed by atoms with E-state index in [2.05, 4.69) is 0 Å². The van der Waals surface area contributed by atoms with Gasteiger partial charge in [-0.05, 0) is 41.5 Å². The number of rotatable bonds is 2. The highest BCUT2D eigenvalue weighted by molar-refractivity contribution is 7.72. The normalized spacial score (nSPS) is 10.8. The summed E-state index contributed by atoms with van der Waals surface area (Å²) >= 11 is 5.65. The molecule has 0 unspecified atom stereocenters. The fourth-order valence-electron chi connectivity index (χ4n) is 1.54. The van der Waals surface area contributed by atoms with Crippen molar-refractivity contribution < 1.29 is 17.9 Å². The number of aromatic hydroxyl groups is 1. The Hall–Kier alpha value is -1.59. The molecular formula is C12H8ClFO3S. The van der Waals surface area contributed by atoms with Crippen LogP contribution in [-0.2, 0) is 10.7 Å². The Morgan fingerprint density at radius 3 is 2.39 bits per heavy atom. The lowest BCUT2D eigenvalue weighted by atomic mass is 10.1. The predicted molar refractivity (Wildman–Crippen MR) is 67.1 cm³/mol. The molecule has 3 nitrogen and oxygen atoms in total. The molecule has 0 aromatic heterocycles. The van der Waals surface area contributed by atoms with E-state index >= 15 is 0 Å². The number of hydrogen-bond acceptors (Lipinski definition) is 3. The van der Waals surface area contributed by atoms with Crippen LogP contribution < -0.4 is 0 Å². The van der Waals surface area contributed by atoms with Crippen molar-refractivity contribution in [3.05, 3.63) is 47.2 Å². The lowest BCUT2D eigenvalue weighted by Gasteiger charge is -2.05. The van der Waals surface area contributed by atoms with Gasteiger partial charge in [-0.3, -0.25) is 0 Å². The van der Waals surface area contributed by atoms with Crippen LogP contribution >= 0.6 is 11.6 Å². The minimum atomic E-state index is -2.80. The van der Waals surface area contributed by atoms with Gasteiger partial charge in [0.15, 0.2) is 10.7 Å². The molecular weight excluding hydrogens is 279 g/mol. The molecule has 0 aliphatic heterocycles. The fourth-order valence-corrected chi connectivity index (χ4v) is 2.21. The summed E-state index contributed by atoms with van der Waals surface area (Å²) in [7, 11) is -2.80. The monoisotopic (exact) mass is 286 g/mol. The van der Waals surface area contributed by atoms with Gasteiger partial charge in [-0.25, -0.2) is 12.8 Å². The second-order valence-corrected chi connectivity index (χ2v) is 5.06. The van der Waals surface area contributed by atoms with E-state index in [0.717, 1.165) is 6.07 Å². The molecule has 0 fully saturated rings. The second-order valence-electron chi connectivity index (χ2n) is 3.62. The average Bonchev–Trinajstić information content (AvgIpc) is 2.31. The first kappa shape index (κ1) is 12.9. The number of hydrogen-bond donors (Lipinski definition) is 2. The van der Waals surface area contributed by atoms with Crippen molar-refractivity contribution in [1.82, 2.24) is 0 Å². The summed E-state index contributed by atoms with van der Waals surface area (Å²) in [6, 6.07) is 7.91. The van der Waals surface area contributed by atoms with Gasteiger partial charge in [-0.1, -0.05) is 17.7 Å². The summed E-state index contributed by atoms with van der Waals surface area (Å²) < 4.78 is 34.8. The third-order valence-electron chi connectivity index (χ3n) is 2.37. The van der Waals surface area contributed by atoms with Gasteiger partial charge in [0.25, 0.3) is 0 Å². The Bertz CT molecular complexity index is 675. The fraction of sp³-hybridized carbons (Fsp3) is 0. The molecule has 0 radical (unpaired) electrons. The number of phenols is 1. The van der Waals surface area contributed by atoms with Gasteiger partial charge in [-0.15, -0.1) is 0 Å². The maximum absolute atomic E-state index is 13.0. The van der Waals surface area contributed by atoms with Crippen LogP contribution in [0.15, 0.2) is 41.3 Å². The lowest BCUT2D eigenvalue weighted by Crippen LogP contribution is -1.85. The summed E-state index contributed by atoms with van der Waals surface area (Å²) in [6.07, 6.45) is 0. The molecule has 1 N–H and O–H groups in total. The third kappa shape index (κ3) is 2.63. The Balaban J connectivity index is 2.59. The number of thiol groups is 1. The minimum Gasteiger partial charge on any atom is -0.508 e. The van der Waals surface area contributed by atoms with Crippen LogP contribution in [0.25, 0.3) is 11.1 Å². The molecule has 0 saturated heterocycles. The molecule has 94 valence electrons. The lowest BCUT2D eigenvalue weighted by molar-refractivity contribution is 0.473. The average molecular weight is 287 g/mol. The van der Waals surface area contributed by atoms with Crippen molar-refractivity contribution in [2.24, 2.45) is 0 Å². The molecule has 0 heterocycles. The van der Waals surface area contributed by atoms with Gasteiger partial charge >= 0.3 is 0 Å². The molecule has 6 heteroatoms. The van der Waals surface area contributed by atoms with Crippen LogP contribution in [0.2, 0.25) is 5.02 Å². The van der Waals surface area contributed by atoms with Crippen molar-refractivity contribution in [2.75, 3.05) is 0 Å². The van der Waals surface area contributed by atoms with Crippen LogP contribution in [0.1, 0.15) is 0 Å². The summed E-state index contributed by atoms with van der Waals surface area (Å²) in [6.45, 7) is 0. The first-order chi connectivity index (χ1) is 8.47. The van der Waals surface area contributed by atoms with Crippen molar-refractivity contribution in [2.45, 2.75) is 4.90 Å². The van der Waals surface area contributed by atoms with E-state index in [1.807, 2.05) is 0 Å². The second kappa shape index (κ2) is 4.96. The van der Waals surface area contributed by atoms with Gasteiger partial charge in [0.2, 0.25) is 0 Å². The Morgan fingerprint density at radius 1 is 1.06 bits per heavy atom. The third-order valence-corrected chi connectivity index (χ3v) is 3.34. The zero-order chi connectivity index (χ0) is 13.3. The minimum absolute atomic E-state index is 0.0135. The van der Waals surface area contributed by atoms with Crippen LogP contribution in [0.5, 0.6) is 5.75 Å². The Morgan fingerprint density at radius 2 is 1.78 bits per heavy atom. The zero-order valence-corrected chi connectivity index (χ0v) is 10.6. The number of benzene rings is 2. The van der Waals surface area contributed by atoms with E-state index in [4.69, 9.17) is 11.6 Å². The highest BCUT2D eigenvalue weighted by Gasteiger charge is 2.07. The molecule has 2 rings (SSSR count). The summed E-state index contributed by atoms with van der Waals surface area (Å²) in [4.78, 5) is -0.0135. The molecule has 0 aliphatic carbocycles. The molecule has 0 aliphatic rings. The van der Waals surface area contributed by atoms with Gasteiger partial charge in [0, 0.05) is 0 Å². The van der Waals surface area contributed by atoms with E-state index < -0.39 is 16.5 Å². The van der Waals surface area contributed by atoms with Crippen molar-refractivity contribution >= 4 is 22.3 Å². The summed E-state index contributed by atoms with van der Waals surface area (Å²) in [5.41, 5.74) is 0.974. The smallest absolute Gasteiger partial charge is 0.168 e.